The summed E-state index contributed by atoms with van der Waals surface area (Å²) >= 11 is 0. The Kier molecular flexibility index (Phi) is 3.94. The zero-order valence-corrected chi connectivity index (χ0v) is 12.4. The molecule has 0 radical (unpaired) electrons. The summed E-state index contributed by atoms with van der Waals surface area (Å²) in [4.78, 5) is 6.93. The number of hydrogen-bond donors (Lipinski definition) is 2. The molecule has 2 aliphatic rings. The predicted octanol–water partition coefficient (Wildman–Crippen LogP) is 1.79. The highest BCUT2D eigenvalue weighted by Gasteiger charge is 2.42. The van der Waals surface area contributed by atoms with Crippen molar-refractivity contribution in [2.45, 2.75) is 45.4 Å². The Balaban J connectivity index is 1.61. The van der Waals surface area contributed by atoms with Crippen LogP contribution < -0.4 is 10.2 Å². The molecule has 3 rings (SSSR count). The number of aromatic nitrogens is 1. The van der Waals surface area contributed by atoms with Crippen molar-refractivity contribution in [2.24, 2.45) is 11.8 Å². The third-order valence-corrected chi connectivity index (χ3v) is 4.67. The van der Waals surface area contributed by atoms with Gasteiger partial charge in [-0.2, -0.15) is 0 Å². The second kappa shape index (κ2) is 5.70. The number of hydrogen-bond acceptors (Lipinski definition) is 4. The lowest BCUT2D eigenvalue weighted by Gasteiger charge is -2.19. The van der Waals surface area contributed by atoms with Crippen LogP contribution in [-0.2, 0) is 6.54 Å². The maximum Gasteiger partial charge on any atom is 0.128 e. The van der Waals surface area contributed by atoms with Crippen LogP contribution in [0.1, 0.15) is 32.3 Å². The smallest absolute Gasteiger partial charge is 0.128 e. The van der Waals surface area contributed by atoms with Gasteiger partial charge in [0.15, 0.2) is 0 Å². The van der Waals surface area contributed by atoms with Gasteiger partial charge in [0.2, 0.25) is 0 Å². The van der Waals surface area contributed by atoms with Crippen molar-refractivity contribution in [2.75, 3.05) is 18.0 Å². The molecule has 2 heterocycles. The molecule has 3 unspecified atom stereocenters. The van der Waals surface area contributed by atoms with Crippen molar-refractivity contribution < 1.29 is 5.11 Å². The SMILES string of the molecule is CC(C)NCc1ccc(N2CC3CCC(O)C3C2)nc1. The Morgan fingerprint density at radius 1 is 1.35 bits per heavy atom. The van der Waals surface area contributed by atoms with Crippen LogP contribution in [-0.4, -0.2) is 35.3 Å². The third-order valence-electron chi connectivity index (χ3n) is 4.67. The minimum Gasteiger partial charge on any atom is -0.393 e. The maximum atomic E-state index is 9.97. The summed E-state index contributed by atoms with van der Waals surface area (Å²) < 4.78 is 0. The molecule has 4 heteroatoms. The first kappa shape index (κ1) is 13.8. The molecule has 1 saturated carbocycles. The first-order valence-electron chi connectivity index (χ1n) is 7.75. The first-order valence-corrected chi connectivity index (χ1v) is 7.75. The molecule has 20 heavy (non-hydrogen) atoms. The largest absolute Gasteiger partial charge is 0.393 e. The first-order chi connectivity index (χ1) is 9.63. The van der Waals surface area contributed by atoms with E-state index in [0.29, 0.717) is 17.9 Å². The van der Waals surface area contributed by atoms with Gasteiger partial charge in [-0.25, -0.2) is 4.98 Å². The number of aliphatic hydroxyl groups excluding tert-OH is 1. The van der Waals surface area contributed by atoms with E-state index in [1.807, 2.05) is 6.20 Å². The fourth-order valence-electron chi connectivity index (χ4n) is 3.45. The minimum atomic E-state index is -0.0977. The molecule has 1 saturated heterocycles. The normalized spacial score (nSPS) is 29.2. The molecule has 0 amide bonds. The zero-order chi connectivity index (χ0) is 14.1. The predicted molar refractivity (Wildman–Crippen MR) is 80.6 cm³/mol. The highest BCUT2D eigenvalue weighted by Crippen LogP contribution is 2.39. The summed E-state index contributed by atoms with van der Waals surface area (Å²) in [5, 5.41) is 13.4. The van der Waals surface area contributed by atoms with Gasteiger partial charge in [0.1, 0.15) is 5.82 Å². The molecule has 0 spiro atoms. The minimum absolute atomic E-state index is 0.0977. The zero-order valence-electron chi connectivity index (χ0n) is 12.4. The van der Waals surface area contributed by atoms with E-state index in [9.17, 15) is 5.11 Å². The number of aliphatic hydroxyl groups is 1. The van der Waals surface area contributed by atoms with Crippen molar-refractivity contribution in [1.29, 1.82) is 0 Å². The van der Waals surface area contributed by atoms with Gasteiger partial charge in [0.25, 0.3) is 0 Å². The van der Waals surface area contributed by atoms with E-state index >= 15 is 0 Å². The maximum absolute atomic E-state index is 9.97. The highest BCUT2D eigenvalue weighted by atomic mass is 16.3. The van der Waals surface area contributed by atoms with Crippen LogP contribution in [0.5, 0.6) is 0 Å². The summed E-state index contributed by atoms with van der Waals surface area (Å²) in [5.74, 6) is 2.17. The van der Waals surface area contributed by atoms with Gasteiger partial charge < -0.3 is 15.3 Å². The molecule has 4 nitrogen and oxygen atoms in total. The lowest BCUT2D eigenvalue weighted by Crippen LogP contribution is -2.25. The van der Waals surface area contributed by atoms with E-state index in [4.69, 9.17) is 0 Å². The molecule has 3 atom stereocenters. The van der Waals surface area contributed by atoms with Gasteiger partial charge in [0, 0.05) is 37.8 Å². The second-order valence-electron chi connectivity index (χ2n) is 6.53. The van der Waals surface area contributed by atoms with E-state index in [1.165, 1.54) is 12.0 Å². The van der Waals surface area contributed by atoms with Gasteiger partial charge in [0.05, 0.1) is 6.10 Å². The van der Waals surface area contributed by atoms with Crippen LogP contribution >= 0.6 is 0 Å². The Labute approximate surface area is 121 Å². The number of pyridine rings is 1. The standard InChI is InChI=1S/C16H25N3O/c1-11(2)17-7-12-3-6-16(18-8-12)19-9-13-4-5-15(20)14(13)10-19/h3,6,8,11,13-15,17,20H,4-5,7,9-10H2,1-2H3. The molecular formula is C16H25N3O. The average Bonchev–Trinajstić information content (AvgIpc) is 3.00. The summed E-state index contributed by atoms with van der Waals surface area (Å²) in [6, 6.07) is 4.77. The average molecular weight is 275 g/mol. The molecule has 110 valence electrons. The van der Waals surface area contributed by atoms with Crippen molar-refractivity contribution in [3.8, 4) is 0 Å². The van der Waals surface area contributed by atoms with E-state index < -0.39 is 0 Å². The summed E-state index contributed by atoms with van der Waals surface area (Å²) in [7, 11) is 0. The summed E-state index contributed by atoms with van der Waals surface area (Å²) in [6.07, 6.45) is 4.02. The van der Waals surface area contributed by atoms with Crippen LogP contribution in [0.25, 0.3) is 0 Å². The quantitative estimate of drug-likeness (QED) is 0.879. The Hall–Kier alpha value is -1.13. The van der Waals surface area contributed by atoms with E-state index in [2.05, 4.69) is 41.2 Å². The number of nitrogens with one attached hydrogen (secondary N) is 1. The van der Waals surface area contributed by atoms with Crippen molar-refractivity contribution in [3.05, 3.63) is 23.9 Å². The molecular weight excluding hydrogens is 250 g/mol. The van der Waals surface area contributed by atoms with Crippen LogP contribution in [0.4, 0.5) is 5.82 Å². The number of rotatable bonds is 4. The fourth-order valence-corrected chi connectivity index (χ4v) is 3.45. The lowest BCUT2D eigenvalue weighted by atomic mass is 10.00. The van der Waals surface area contributed by atoms with E-state index in [-0.39, 0.29) is 6.10 Å². The monoisotopic (exact) mass is 275 g/mol. The van der Waals surface area contributed by atoms with Crippen molar-refractivity contribution in [3.63, 3.8) is 0 Å². The number of fused-ring (bicyclic) bond motifs is 1. The molecule has 1 aliphatic heterocycles. The molecule has 1 aliphatic carbocycles. The molecule has 0 bridgehead atoms. The van der Waals surface area contributed by atoms with E-state index in [0.717, 1.165) is 31.9 Å². The third kappa shape index (κ3) is 2.81. The van der Waals surface area contributed by atoms with Gasteiger partial charge in [-0.15, -0.1) is 0 Å². The highest BCUT2D eigenvalue weighted by molar-refractivity contribution is 5.41. The van der Waals surface area contributed by atoms with Crippen molar-refractivity contribution in [1.82, 2.24) is 10.3 Å². The fraction of sp³-hybridized carbons (Fsp3) is 0.688. The molecule has 0 aromatic carbocycles. The van der Waals surface area contributed by atoms with Gasteiger partial charge in [-0.3, -0.25) is 0 Å². The summed E-state index contributed by atoms with van der Waals surface area (Å²) in [6.45, 7) is 7.18. The molecule has 2 N–H and O–H groups in total. The number of nitrogens with zero attached hydrogens (tertiary/aromatic N) is 2. The van der Waals surface area contributed by atoms with Crippen LogP contribution in [0.15, 0.2) is 18.3 Å². The second-order valence-corrected chi connectivity index (χ2v) is 6.53. The summed E-state index contributed by atoms with van der Waals surface area (Å²) in [5.41, 5.74) is 1.22. The van der Waals surface area contributed by atoms with Gasteiger partial charge in [-0.1, -0.05) is 19.9 Å². The Morgan fingerprint density at radius 2 is 2.20 bits per heavy atom. The molecule has 1 aromatic heterocycles. The van der Waals surface area contributed by atoms with E-state index in [1.54, 1.807) is 0 Å². The number of anilines is 1. The Bertz CT molecular complexity index is 446. The molecule has 2 fully saturated rings. The molecule has 1 aromatic rings. The topological polar surface area (TPSA) is 48.4 Å². The van der Waals surface area contributed by atoms with Crippen LogP contribution in [0, 0.1) is 11.8 Å². The van der Waals surface area contributed by atoms with Gasteiger partial charge >= 0.3 is 0 Å². The Morgan fingerprint density at radius 3 is 2.85 bits per heavy atom. The van der Waals surface area contributed by atoms with Gasteiger partial charge in [-0.05, 0) is 30.4 Å². The van der Waals surface area contributed by atoms with Crippen LogP contribution in [0.3, 0.4) is 0 Å². The van der Waals surface area contributed by atoms with Crippen LogP contribution in [0.2, 0.25) is 0 Å². The van der Waals surface area contributed by atoms with Crippen molar-refractivity contribution >= 4 is 5.82 Å². The lowest BCUT2D eigenvalue weighted by molar-refractivity contribution is 0.133.